The summed E-state index contributed by atoms with van der Waals surface area (Å²) in [4.78, 5) is 2.42. The van der Waals surface area contributed by atoms with Gasteiger partial charge < -0.3 is 5.32 Å². The van der Waals surface area contributed by atoms with Gasteiger partial charge in [0, 0.05) is 48.2 Å². The van der Waals surface area contributed by atoms with Gasteiger partial charge in [-0.15, -0.1) is 0 Å². The van der Waals surface area contributed by atoms with Gasteiger partial charge in [-0.1, -0.05) is 0 Å². The molecule has 2 heterocycles. The van der Waals surface area contributed by atoms with Crippen molar-refractivity contribution in [3.8, 4) is 0 Å². The second-order valence-corrected chi connectivity index (χ2v) is 7.54. The molecule has 1 atom stereocenters. The molecular weight excluding hydrogens is 334 g/mol. The fourth-order valence-corrected chi connectivity index (χ4v) is 3.79. The monoisotopic (exact) mass is 362 g/mol. The van der Waals surface area contributed by atoms with Crippen LogP contribution in [-0.2, 0) is 6.54 Å². The molecule has 6 heteroatoms. The standard InChI is InChI=1S/C20H28F2N4/c1-13(2)26-15(4)18(14(3)24-26)12-25-9-5-6-17(11-25)23-16-7-8-19(21)20(22)10-16/h7-8,10,13,17,23H,5-6,9,11-12H2,1-4H3. The molecular formula is C20H28F2N4. The van der Waals surface area contributed by atoms with Crippen molar-refractivity contribution < 1.29 is 8.78 Å². The molecule has 0 amide bonds. The zero-order valence-corrected chi connectivity index (χ0v) is 16.0. The summed E-state index contributed by atoms with van der Waals surface area (Å²) in [5, 5.41) is 8.03. The van der Waals surface area contributed by atoms with Crippen molar-refractivity contribution in [2.24, 2.45) is 0 Å². The van der Waals surface area contributed by atoms with E-state index in [9.17, 15) is 8.78 Å². The molecule has 1 aliphatic heterocycles. The molecule has 142 valence electrons. The highest BCUT2D eigenvalue weighted by atomic mass is 19.2. The summed E-state index contributed by atoms with van der Waals surface area (Å²) in [7, 11) is 0. The predicted molar refractivity (Wildman–Crippen MR) is 100 cm³/mol. The van der Waals surface area contributed by atoms with E-state index in [1.807, 2.05) is 0 Å². The van der Waals surface area contributed by atoms with Gasteiger partial charge in [-0.2, -0.15) is 5.10 Å². The molecule has 4 nitrogen and oxygen atoms in total. The summed E-state index contributed by atoms with van der Waals surface area (Å²) in [6, 6.07) is 4.58. The van der Waals surface area contributed by atoms with E-state index in [2.05, 4.69) is 47.7 Å². The number of likely N-dealkylation sites (tertiary alicyclic amines) is 1. The van der Waals surface area contributed by atoms with Crippen LogP contribution in [0.1, 0.15) is 49.7 Å². The first-order valence-corrected chi connectivity index (χ1v) is 9.33. The third-order valence-corrected chi connectivity index (χ3v) is 5.14. The summed E-state index contributed by atoms with van der Waals surface area (Å²) >= 11 is 0. The zero-order chi connectivity index (χ0) is 18.8. The number of hydrogen-bond donors (Lipinski definition) is 1. The lowest BCUT2D eigenvalue weighted by atomic mass is 10.0. The minimum Gasteiger partial charge on any atom is -0.381 e. The van der Waals surface area contributed by atoms with Crippen molar-refractivity contribution >= 4 is 5.69 Å². The highest BCUT2D eigenvalue weighted by molar-refractivity contribution is 5.44. The van der Waals surface area contributed by atoms with Gasteiger partial charge in [0.25, 0.3) is 0 Å². The van der Waals surface area contributed by atoms with Crippen molar-refractivity contribution in [1.29, 1.82) is 0 Å². The lowest BCUT2D eigenvalue weighted by Gasteiger charge is -2.33. The minimum atomic E-state index is -0.811. The molecule has 1 N–H and O–H groups in total. The van der Waals surface area contributed by atoms with Crippen LogP contribution in [-0.4, -0.2) is 33.8 Å². The summed E-state index contributed by atoms with van der Waals surface area (Å²) in [6.07, 6.45) is 2.11. The molecule has 1 unspecified atom stereocenters. The number of aromatic nitrogens is 2. The quantitative estimate of drug-likeness (QED) is 0.854. The maximum atomic E-state index is 13.4. The van der Waals surface area contributed by atoms with Crippen LogP contribution in [0.5, 0.6) is 0 Å². The number of hydrogen-bond acceptors (Lipinski definition) is 3. The van der Waals surface area contributed by atoms with Crippen LogP contribution >= 0.6 is 0 Å². The number of nitrogens with one attached hydrogen (secondary N) is 1. The molecule has 1 saturated heterocycles. The molecule has 0 radical (unpaired) electrons. The third-order valence-electron chi connectivity index (χ3n) is 5.14. The fourth-order valence-electron chi connectivity index (χ4n) is 3.79. The van der Waals surface area contributed by atoms with Crippen molar-refractivity contribution in [3.63, 3.8) is 0 Å². The first-order chi connectivity index (χ1) is 12.3. The van der Waals surface area contributed by atoms with Crippen molar-refractivity contribution in [1.82, 2.24) is 14.7 Å². The van der Waals surface area contributed by atoms with Gasteiger partial charge >= 0.3 is 0 Å². The Bertz CT molecular complexity index is 769. The maximum Gasteiger partial charge on any atom is 0.160 e. The Morgan fingerprint density at radius 3 is 2.65 bits per heavy atom. The molecule has 26 heavy (non-hydrogen) atoms. The largest absolute Gasteiger partial charge is 0.381 e. The van der Waals surface area contributed by atoms with E-state index in [1.165, 1.54) is 23.4 Å². The van der Waals surface area contributed by atoms with Crippen LogP contribution in [0.15, 0.2) is 18.2 Å². The number of piperidine rings is 1. The first kappa shape index (κ1) is 18.8. The summed E-state index contributed by atoms with van der Waals surface area (Å²) in [5.41, 5.74) is 4.25. The molecule has 1 aromatic heterocycles. The fraction of sp³-hybridized carbons (Fsp3) is 0.550. The van der Waals surface area contributed by atoms with Gasteiger partial charge in [0.05, 0.1) is 5.69 Å². The first-order valence-electron chi connectivity index (χ1n) is 9.33. The van der Waals surface area contributed by atoms with E-state index in [4.69, 9.17) is 0 Å². The van der Waals surface area contributed by atoms with Crippen molar-refractivity contribution in [3.05, 3.63) is 46.8 Å². The second kappa shape index (κ2) is 7.74. The van der Waals surface area contributed by atoms with Crippen molar-refractivity contribution in [2.45, 2.75) is 59.2 Å². The number of anilines is 1. The lowest BCUT2D eigenvalue weighted by Crippen LogP contribution is -2.41. The maximum absolute atomic E-state index is 13.4. The topological polar surface area (TPSA) is 33.1 Å². The summed E-state index contributed by atoms with van der Waals surface area (Å²) in [6.45, 7) is 11.3. The molecule has 1 aromatic carbocycles. The molecule has 0 aliphatic carbocycles. The number of benzene rings is 1. The van der Waals surface area contributed by atoms with Crippen LogP contribution in [0.3, 0.4) is 0 Å². The predicted octanol–water partition coefficient (Wildman–Crippen LogP) is 4.44. The number of rotatable bonds is 5. The van der Waals surface area contributed by atoms with Gasteiger partial charge in [0.2, 0.25) is 0 Å². The average molecular weight is 362 g/mol. The Morgan fingerprint density at radius 2 is 2.00 bits per heavy atom. The van der Waals surface area contributed by atoms with E-state index in [1.54, 1.807) is 6.07 Å². The van der Waals surface area contributed by atoms with Gasteiger partial charge in [0.15, 0.2) is 11.6 Å². The zero-order valence-electron chi connectivity index (χ0n) is 16.0. The van der Waals surface area contributed by atoms with E-state index in [0.29, 0.717) is 11.7 Å². The molecule has 0 spiro atoms. The van der Waals surface area contributed by atoms with Crippen molar-refractivity contribution in [2.75, 3.05) is 18.4 Å². The molecule has 0 bridgehead atoms. The van der Waals surface area contributed by atoms with Gasteiger partial charge in [0.1, 0.15) is 0 Å². The highest BCUT2D eigenvalue weighted by Crippen LogP contribution is 2.23. The Kier molecular flexibility index (Phi) is 5.61. The minimum absolute atomic E-state index is 0.231. The Morgan fingerprint density at radius 1 is 1.23 bits per heavy atom. The van der Waals surface area contributed by atoms with E-state index >= 15 is 0 Å². The van der Waals surface area contributed by atoms with Crippen LogP contribution < -0.4 is 5.32 Å². The van der Waals surface area contributed by atoms with E-state index in [-0.39, 0.29) is 6.04 Å². The van der Waals surface area contributed by atoms with Gasteiger partial charge in [-0.25, -0.2) is 8.78 Å². The van der Waals surface area contributed by atoms with Gasteiger partial charge in [-0.3, -0.25) is 9.58 Å². The molecule has 2 aromatic rings. The summed E-state index contributed by atoms with van der Waals surface area (Å²) in [5.74, 6) is -1.62. The smallest absolute Gasteiger partial charge is 0.160 e. The highest BCUT2D eigenvalue weighted by Gasteiger charge is 2.23. The van der Waals surface area contributed by atoms with Crippen LogP contribution in [0.25, 0.3) is 0 Å². The average Bonchev–Trinajstić information content (AvgIpc) is 2.87. The molecule has 1 aliphatic rings. The molecule has 0 saturated carbocycles. The summed E-state index contributed by atoms with van der Waals surface area (Å²) < 4.78 is 28.6. The number of aryl methyl sites for hydroxylation is 1. The van der Waals surface area contributed by atoms with E-state index in [0.717, 1.165) is 38.2 Å². The lowest BCUT2D eigenvalue weighted by molar-refractivity contribution is 0.208. The Balaban J connectivity index is 1.66. The van der Waals surface area contributed by atoms with Crippen LogP contribution in [0.4, 0.5) is 14.5 Å². The molecule has 3 rings (SSSR count). The Hall–Kier alpha value is -1.95. The van der Waals surface area contributed by atoms with Crippen LogP contribution in [0, 0.1) is 25.5 Å². The third kappa shape index (κ3) is 4.06. The number of halogens is 2. The molecule has 1 fully saturated rings. The second-order valence-electron chi connectivity index (χ2n) is 7.54. The van der Waals surface area contributed by atoms with Crippen LogP contribution in [0.2, 0.25) is 0 Å². The normalized spacial score (nSPS) is 18.5. The van der Waals surface area contributed by atoms with Gasteiger partial charge in [-0.05, 0) is 59.2 Å². The number of nitrogens with zero attached hydrogens (tertiary/aromatic N) is 3. The van der Waals surface area contributed by atoms with E-state index < -0.39 is 11.6 Å². The SMILES string of the molecule is Cc1nn(C(C)C)c(C)c1CN1CCCC(Nc2ccc(F)c(F)c2)C1. The Labute approximate surface area is 154 Å².